The summed E-state index contributed by atoms with van der Waals surface area (Å²) in [7, 11) is 0. The molecule has 0 amide bonds. The van der Waals surface area contributed by atoms with E-state index >= 15 is 0 Å². The first-order chi connectivity index (χ1) is 11.2. The number of benzene rings is 2. The van der Waals surface area contributed by atoms with Crippen LogP contribution in [0.2, 0.25) is 0 Å². The maximum absolute atomic E-state index is 8.80. The highest BCUT2D eigenvalue weighted by molar-refractivity contribution is 5.59. The van der Waals surface area contributed by atoms with Crippen molar-refractivity contribution in [3.8, 4) is 17.5 Å². The molecule has 23 heavy (non-hydrogen) atoms. The molecule has 1 N–H and O–H groups in total. The Morgan fingerprint density at radius 3 is 2.39 bits per heavy atom. The summed E-state index contributed by atoms with van der Waals surface area (Å²) in [4.78, 5) is 8.72. The number of nitriles is 1. The summed E-state index contributed by atoms with van der Waals surface area (Å²) in [6, 6.07) is 19.6. The van der Waals surface area contributed by atoms with Gasteiger partial charge in [-0.3, -0.25) is 0 Å². The molecular formula is C19H16N4. The SMILES string of the molecule is Cc1ccnc(-c2ccc(NCc3ccc(C#N)cc3)cc2)n1. The Labute approximate surface area is 135 Å². The van der Waals surface area contributed by atoms with Gasteiger partial charge in [-0.15, -0.1) is 0 Å². The molecule has 3 rings (SSSR count). The molecule has 0 saturated carbocycles. The maximum atomic E-state index is 8.80. The van der Waals surface area contributed by atoms with Gasteiger partial charge in [0.25, 0.3) is 0 Å². The van der Waals surface area contributed by atoms with Gasteiger partial charge >= 0.3 is 0 Å². The Kier molecular flexibility index (Phi) is 4.30. The summed E-state index contributed by atoms with van der Waals surface area (Å²) in [5.74, 6) is 0.739. The van der Waals surface area contributed by atoms with Gasteiger partial charge in [-0.1, -0.05) is 12.1 Å². The Morgan fingerprint density at radius 1 is 1.00 bits per heavy atom. The summed E-state index contributed by atoms with van der Waals surface area (Å²) in [6.45, 7) is 2.67. The van der Waals surface area contributed by atoms with E-state index in [1.807, 2.05) is 61.5 Å². The topological polar surface area (TPSA) is 61.6 Å². The molecule has 112 valence electrons. The first kappa shape index (κ1) is 14.7. The molecule has 0 saturated heterocycles. The monoisotopic (exact) mass is 300 g/mol. The molecule has 0 atom stereocenters. The van der Waals surface area contributed by atoms with E-state index in [0.29, 0.717) is 12.1 Å². The quantitative estimate of drug-likeness (QED) is 0.793. The van der Waals surface area contributed by atoms with Crippen molar-refractivity contribution >= 4 is 5.69 Å². The zero-order valence-corrected chi connectivity index (χ0v) is 12.8. The molecule has 1 aromatic heterocycles. The van der Waals surface area contributed by atoms with Gasteiger partial charge in [0.1, 0.15) is 0 Å². The van der Waals surface area contributed by atoms with Gasteiger partial charge in [0.05, 0.1) is 11.6 Å². The summed E-state index contributed by atoms with van der Waals surface area (Å²) in [5.41, 5.74) is 4.80. The van der Waals surface area contributed by atoms with Crippen molar-refractivity contribution in [1.82, 2.24) is 9.97 Å². The molecule has 0 unspecified atom stereocenters. The van der Waals surface area contributed by atoms with Crippen LogP contribution in [0.4, 0.5) is 5.69 Å². The van der Waals surface area contributed by atoms with Crippen molar-refractivity contribution in [3.63, 3.8) is 0 Å². The van der Waals surface area contributed by atoms with Crippen molar-refractivity contribution < 1.29 is 0 Å². The minimum Gasteiger partial charge on any atom is -0.381 e. The molecule has 0 aliphatic carbocycles. The Bertz CT molecular complexity index is 830. The van der Waals surface area contributed by atoms with E-state index in [1.165, 1.54) is 0 Å². The van der Waals surface area contributed by atoms with E-state index in [9.17, 15) is 0 Å². The number of anilines is 1. The summed E-state index contributed by atoms with van der Waals surface area (Å²) < 4.78 is 0. The van der Waals surface area contributed by atoms with Crippen LogP contribution in [-0.4, -0.2) is 9.97 Å². The summed E-state index contributed by atoms with van der Waals surface area (Å²) in [5, 5.41) is 12.2. The third kappa shape index (κ3) is 3.72. The lowest BCUT2D eigenvalue weighted by molar-refractivity contribution is 1.11. The average Bonchev–Trinajstić information content (AvgIpc) is 2.61. The van der Waals surface area contributed by atoms with Crippen molar-refractivity contribution in [1.29, 1.82) is 5.26 Å². The third-order valence-corrected chi connectivity index (χ3v) is 3.52. The predicted molar refractivity (Wildman–Crippen MR) is 90.7 cm³/mol. The van der Waals surface area contributed by atoms with Gasteiger partial charge in [0.15, 0.2) is 5.82 Å². The lowest BCUT2D eigenvalue weighted by Crippen LogP contribution is -1.99. The Morgan fingerprint density at radius 2 is 1.74 bits per heavy atom. The summed E-state index contributed by atoms with van der Waals surface area (Å²) in [6.07, 6.45) is 1.77. The first-order valence-corrected chi connectivity index (χ1v) is 7.37. The molecule has 2 aromatic carbocycles. The van der Waals surface area contributed by atoms with Crippen molar-refractivity contribution in [2.75, 3.05) is 5.32 Å². The van der Waals surface area contributed by atoms with Crippen LogP contribution in [0, 0.1) is 18.3 Å². The molecule has 0 aliphatic heterocycles. The van der Waals surface area contributed by atoms with E-state index in [4.69, 9.17) is 5.26 Å². The van der Waals surface area contributed by atoms with Crippen LogP contribution in [0.1, 0.15) is 16.8 Å². The molecule has 1 heterocycles. The van der Waals surface area contributed by atoms with Gasteiger partial charge in [-0.05, 0) is 55.0 Å². The fourth-order valence-electron chi connectivity index (χ4n) is 2.23. The van der Waals surface area contributed by atoms with Crippen LogP contribution >= 0.6 is 0 Å². The van der Waals surface area contributed by atoms with Crippen LogP contribution in [0.5, 0.6) is 0 Å². The lowest BCUT2D eigenvalue weighted by Gasteiger charge is -2.08. The van der Waals surface area contributed by atoms with Crippen LogP contribution in [0.15, 0.2) is 60.8 Å². The second kappa shape index (κ2) is 6.71. The normalized spacial score (nSPS) is 10.1. The third-order valence-electron chi connectivity index (χ3n) is 3.52. The minimum absolute atomic E-state index is 0.677. The Hall–Kier alpha value is -3.19. The largest absolute Gasteiger partial charge is 0.381 e. The van der Waals surface area contributed by atoms with Gasteiger partial charge in [-0.25, -0.2) is 9.97 Å². The zero-order valence-electron chi connectivity index (χ0n) is 12.8. The molecular weight excluding hydrogens is 284 g/mol. The molecule has 3 aromatic rings. The highest BCUT2D eigenvalue weighted by Crippen LogP contribution is 2.18. The van der Waals surface area contributed by atoms with E-state index in [2.05, 4.69) is 21.4 Å². The molecule has 0 bridgehead atoms. The molecule has 4 heteroatoms. The fourth-order valence-corrected chi connectivity index (χ4v) is 2.23. The van der Waals surface area contributed by atoms with Gasteiger partial charge < -0.3 is 5.32 Å². The number of aryl methyl sites for hydroxylation is 1. The number of nitrogens with one attached hydrogen (secondary N) is 1. The Balaban J connectivity index is 1.66. The van der Waals surface area contributed by atoms with Crippen molar-refractivity contribution in [2.45, 2.75) is 13.5 Å². The molecule has 0 fully saturated rings. The van der Waals surface area contributed by atoms with Gasteiger partial charge in [0.2, 0.25) is 0 Å². The van der Waals surface area contributed by atoms with Gasteiger partial charge in [0, 0.05) is 29.7 Å². The molecule has 0 aliphatic rings. The van der Waals surface area contributed by atoms with Crippen LogP contribution < -0.4 is 5.32 Å². The van der Waals surface area contributed by atoms with Crippen LogP contribution in [0.25, 0.3) is 11.4 Å². The highest BCUT2D eigenvalue weighted by Gasteiger charge is 2.01. The number of nitrogens with zero attached hydrogens (tertiary/aromatic N) is 3. The average molecular weight is 300 g/mol. The maximum Gasteiger partial charge on any atom is 0.159 e. The van der Waals surface area contributed by atoms with Gasteiger partial charge in [-0.2, -0.15) is 5.26 Å². The lowest BCUT2D eigenvalue weighted by atomic mass is 10.1. The zero-order chi connectivity index (χ0) is 16.1. The van der Waals surface area contributed by atoms with E-state index < -0.39 is 0 Å². The standard InChI is InChI=1S/C19H16N4/c1-14-10-11-21-19(23-14)17-6-8-18(9-7-17)22-13-16-4-2-15(12-20)3-5-16/h2-11,22H,13H2,1H3. The van der Waals surface area contributed by atoms with E-state index in [1.54, 1.807) is 6.20 Å². The van der Waals surface area contributed by atoms with Crippen LogP contribution in [0.3, 0.4) is 0 Å². The smallest absolute Gasteiger partial charge is 0.159 e. The summed E-state index contributed by atoms with van der Waals surface area (Å²) >= 11 is 0. The van der Waals surface area contributed by atoms with Crippen LogP contribution in [-0.2, 0) is 6.54 Å². The fraction of sp³-hybridized carbons (Fsp3) is 0.105. The molecule has 0 radical (unpaired) electrons. The predicted octanol–water partition coefficient (Wildman–Crippen LogP) is 3.94. The second-order valence-electron chi connectivity index (χ2n) is 5.26. The van der Waals surface area contributed by atoms with E-state index in [-0.39, 0.29) is 0 Å². The number of aromatic nitrogens is 2. The number of rotatable bonds is 4. The van der Waals surface area contributed by atoms with Crippen molar-refractivity contribution in [3.05, 3.63) is 77.6 Å². The van der Waals surface area contributed by atoms with Crippen molar-refractivity contribution in [2.24, 2.45) is 0 Å². The second-order valence-corrected chi connectivity index (χ2v) is 5.26. The first-order valence-electron chi connectivity index (χ1n) is 7.37. The number of hydrogen-bond acceptors (Lipinski definition) is 4. The molecule has 0 spiro atoms. The highest BCUT2D eigenvalue weighted by atomic mass is 14.9. The van der Waals surface area contributed by atoms with E-state index in [0.717, 1.165) is 28.3 Å². The minimum atomic E-state index is 0.677. The number of hydrogen-bond donors (Lipinski definition) is 1. The molecule has 4 nitrogen and oxygen atoms in total.